The summed E-state index contributed by atoms with van der Waals surface area (Å²) >= 11 is 0. The van der Waals surface area contributed by atoms with Gasteiger partial charge in [0.15, 0.2) is 0 Å². The molecule has 1 fully saturated rings. The third-order valence-electron chi connectivity index (χ3n) is 6.13. The SMILES string of the molecule is COc1cccc(COC2CN(CCc3ccccc3)C(=O)CN(C(=O)c3cc(C)nc(C)n3)C2)c1. The molecule has 1 aromatic heterocycles. The smallest absolute Gasteiger partial charge is 0.273 e. The molecule has 3 aromatic rings. The number of rotatable bonds is 8. The fourth-order valence-corrected chi connectivity index (χ4v) is 4.33. The van der Waals surface area contributed by atoms with Crippen LogP contribution in [0.4, 0.5) is 0 Å². The molecular formula is C28H32N4O4. The molecule has 0 N–H and O–H groups in total. The van der Waals surface area contributed by atoms with Crippen molar-refractivity contribution in [1.29, 1.82) is 0 Å². The van der Waals surface area contributed by atoms with E-state index >= 15 is 0 Å². The van der Waals surface area contributed by atoms with Crippen LogP contribution in [0.3, 0.4) is 0 Å². The largest absolute Gasteiger partial charge is 0.497 e. The van der Waals surface area contributed by atoms with Crippen molar-refractivity contribution in [3.8, 4) is 5.75 Å². The molecule has 4 rings (SSSR count). The Morgan fingerprint density at radius 3 is 2.53 bits per heavy atom. The second kappa shape index (κ2) is 11.8. The van der Waals surface area contributed by atoms with E-state index in [9.17, 15) is 9.59 Å². The van der Waals surface area contributed by atoms with Crippen molar-refractivity contribution in [3.05, 3.63) is 89.0 Å². The molecule has 1 aliphatic rings. The molecule has 2 heterocycles. The molecule has 0 bridgehead atoms. The summed E-state index contributed by atoms with van der Waals surface area (Å²) in [7, 11) is 1.63. The summed E-state index contributed by atoms with van der Waals surface area (Å²) in [6.45, 7) is 5.15. The van der Waals surface area contributed by atoms with Crippen molar-refractivity contribution >= 4 is 11.8 Å². The summed E-state index contributed by atoms with van der Waals surface area (Å²) in [5, 5.41) is 0. The molecule has 1 atom stereocenters. The minimum Gasteiger partial charge on any atom is -0.497 e. The number of amides is 2. The van der Waals surface area contributed by atoms with Crippen LogP contribution in [-0.4, -0.2) is 71.0 Å². The first kappa shape index (κ1) is 25.3. The summed E-state index contributed by atoms with van der Waals surface area (Å²) in [6, 6.07) is 19.4. The maximum Gasteiger partial charge on any atom is 0.273 e. The zero-order chi connectivity index (χ0) is 25.5. The van der Waals surface area contributed by atoms with Crippen LogP contribution in [0, 0.1) is 13.8 Å². The topological polar surface area (TPSA) is 84.9 Å². The van der Waals surface area contributed by atoms with Gasteiger partial charge in [0.25, 0.3) is 5.91 Å². The molecule has 0 aliphatic carbocycles. The third kappa shape index (κ3) is 6.66. The first-order chi connectivity index (χ1) is 17.4. The van der Waals surface area contributed by atoms with Gasteiger partial charge in [-0.3, -0.25) is 9.59 Å². The fraction of sp³-hybridized carbons (Fsp3) is 0.357. The van der Waals surface area contributed by atoms with Crippen molar-refractivity contribution in [1.82, 2.24) is 19.8 Å². The van der Waals surface area contributed by atoms with E-state index in [4.69, 9.17) is 9.47 Å². The third-order valence-corrected chi connectivity index (χ3v) is 6.13. The number of carbonyl (C=O) groups excluding carboxylic acids is 2. The van der Waals surface area contributed by atoms with E-state index in [0.29, 0.717) is 37.8 Å². The molecule has 1 saturated heterocycles. The highest BCUT2D eigenvalue weighted by atomic mass is 16.5. The number of nitrogens with zero attached hydrogens (tertiary/aromatic N) is 4. The molecule has 0 saturated carbocycles. The van der Waals surface area contributed by atoms with Gasteiger partial charge in [0.05, 0.1) is 19.8 Å². The summed E-state index contributed by atoms with van der Waals surface area (Å²) in [5.41, 5.74) is 3.11. The number of hydrogen-bond donors (Lipinski definition) is 0. The Kier molecular flexibility index (Phi) is 8.28. The van der Waals surface area contributed by atoms with Gasteiger partial charge in [0.1, 0.15) is 23.8 Å². The van der Waals surface area contributed by atoms with Crippen molar-refractivity contribution in [2.75, 3.05) is 33.3 Å². The molecular weight excluding hydrogens is 456 g/mol. The van der Waals surface area contributed by atoms with E-state index in [2.05, 4.69) is 22.1 Å². The van der Waals surface area contributed by atoms with Crippen molar-refractivity contribution in [3.63, 3.8) is 0 Å². The van der Waals surface area contributed by atoms with Gasteiger partial charge in [-0.05, 0) is 49.6 Å². The average molecular weight is 489 g/mol. The maximum absolute atomic E-state index is 13.4. The van der Waals surface area contributed by atoms with Crippen LogP contribution in [0.2, 0.25) is 0 Å². The second-order valence-electron chi connectivity index (χ2n) is 8.99. The van der Waals surface area contributed by atoms with Gasteiger partial charge >= 0.3 is 0 Å². The van der Waals surface area contributed by atoms with E-state index < -0.39 is 0 Å². The van der Waals surface area contributed by atoms with Gasteiger partial charge in [0, 0.05) is 25.3 Å². The van der Waals surface area contributed by atoms with Gasteiger partial charge < -0.3 is 19.3 Å². The monoisotopic (exact) mass is 488 g/mol. The first-order valence-electron chi connectivity index (χ1n) is 12.1. The molecule has 188 valence electrons. The van der Waals surface area contributed by atoms with E-state index in [1.165, 1.54) is 0 Å². The Balaban J connectivity index is 1.52. The van der Waals surface area contributed by atoms with Crippen LogP contribution in [0.1, 0.15) is 33.1 Å². The summed E-state index contributed by atoms with van der Waals surface area (Å²) < 4.78 is 11.6. The molecule has 36 heavy (non-hydrogen) atoms. The standard InChI is InChI=1S/C28H32N4O4/c1-20-14-26(30-21(2)29-20)28(34)32-17-25(36-19-23-10-7-11-24(15-23)35-3)16-31(27(33)18-32)13-12-22-8-5-4-6-9-22/h4-11,14-15,25H,12-13,16-19H2,1-3H3. The number of ether oxygens (including phenoxy) is 2. The number of carbonyl (C=O) groups is 2. The van der Waals surface area contributed by atoms with Crippen molar-refractivity contribution < 1.29 is 19.1 Å². The lowest BCUT2D eigenvalue weighted by Gasteiger charge is -2.25. The number of methoxy groups -OCH3 is 1. The molecule has 1 unspecified atom stereocenters. The molecule has 8 heteroatoms. The second-order valence-corrected chi connectivity index (χ2v) is 8.99. The van der Waals surface area contributed by atoms with Gasteiger partial charge in [-0.15, -0.1) is 0 Å². The number of aromatic nitrogens is 2. The highest BCUT2D eigenvalue weighted by Gasteiger charge is 2.32. The van der Waals surface area contributed by atoms with E-state index in [1.54, 1.807) is 29.9 Å². The predicted molar refractivity (Wildman–Crippen MR) is 136 cm³/mol. The Hall–Kier alpha value is -3.78. The number of hydrogen-bond acceptors (Lipinski definition) is 6. The Labute approximate surface area is 211 Å². The minimum atomic E-state index is -0.355. The molecule has 8 nitrogen and oxygen atoms in total. The van der Waals surface area contributed by atoms with Crippen LogP contribution < -0.4 is 4.74 Å². The van der Waals surface area contributed by atoms with E-state index in [1.807, 2.05) is 49.4 Å². The van der Waals surface area contributed by atoms with Crippen molar-refractivity contribution in [2.24, 2.45) is 0 Å². The average Bonchev–Trinajstić information content (AvgIpc) is 3.04. The lowest BCUT2D eigenvalue weighted by molar-refractivity contribution is -0.131. The van der Waals surface area contributed by atoms with Crippen LogP contribution >= 0.6 is 0 Å². The van der Waals surface area contributed by atoms with Gasteiger partial charge in [-0.1, -0.05) is 42.5 Å². The molecule has 0 radical (unpaired) electrons. The first-order valence-corrected chi connectivity index (χ1v) is 12.1. The van der Waals surface area contributed by atoms with E-state index in [0.717, 1.165) is 23.3 Å². The van der Waals surface area contributed by atoms with Crippen LogP contribution in [-0.2, 0) is 22.6 Å². The zero-order valence-electron chi connectivity index (χ0n) is 21.0. The van der Waals surface area contributed by atoms with Crippen LogP contribution in [0.15, 0.2) is 60.7 Å². The molecule has 0 spiro atoms. The lowest BCUT2D eigenvalue weighted by atomic mass is 10.1. The lowest BCUT2D eigenvalue weighted by Crippen LogP contribution is -2.40. The minimum absolute atomic E-state index is 0.0191. The van der Waals surface area contributed by atoms with E-state index in [-0.39, 0.29) is 30.2 Å². The number of benzene rings is 2. The summed E-state index contributed by atoms with van der Waals surface area (Å²) in [5.74, 6) is 0.879. The summed E-state index contributed by atoms with van der Waals surface area (Å²) in [6.07, 6.45) is 0.374. The predicted octanol–water partition coefficient (Wildman–Crippen LogP) is 3.21. The highest BCUT2D eigenvalue weighted by Crippen LogP contribution is 2.17. The van der Waals surface area contributed by atoms with Crippen molar-refractivity contribution in [2.45, 2.75) is 33.0 Å². The molecule has 2 amide bonds. The molecule has 1 aliphatic heterocycles. The fourth-order valence-electron chi connectivity index (χ4n) is 4.33. The highest BCUT2D eigenvalue weighted by molar-refractivity contribution is 5.95. The Morgan fingerprint density at radius 2 is 1.78 bits per heavy atom. The molecule has 2 aromatic carbocycles. The van der Waals surface area contributed by atoms with Crippen LogP contribution in [0.5, 0.6) is 5.75 Å². The van der Waals surface area contributed by atoms with Gasteiger partial charge in [-0.2, -0.15) is 0 Å². The number of aryl methyl sites for hydroxylation is 2. The quantitative estimate of drug-likeness (QED) is 0.484. The maximum atomic E-state index is 13.4. The normalized spacial score (nSPS) is 16.1. The Bertz CT molecular complexity index is 1180. The summed E-state index contributed by atoms with van der Waals surface area (Å²) in [4.78, 5) is 38.5. The zero-order valence-corrected chi connectivity index (χ0v) is 21.0. The Morgan fingerprint density at radius 1 is 1.00 bits per heavy atom. The van der Waals surface area contributed by atoms with Crippen LogP contribution in [0.25, 0.3) is 0 Å². The van der Waals surface area contributed by atoms with Gasteiger partial charge in [0.2, 0.25) is 5.91 Å². The van der Waals surface area contributed by atoms with Gasteiger partial charge in [-0.25, -0.2) is 9.97 Å².